The minimum Gasteiger partial charge on any atom is -0.487 e. The normalized spacial score (nSPS) is 14.5. The van der Waals surface area contributed by atoms with Crippen LogP contribution in [0, 0.1) is 11.3 Å². The maximum Gasteiger partial charge on any atom is 0.171 e. The molecule has 30 heavy (non-hydrogen) atoms. The zero-order valence-electron chi connectivity index (χ0n) is 16.9. The van der Waals surface area contributed by atoms with Crippen molar-refractivity contribution in [2.75, 3.05) is 38.4 Å². The summed E-state index contributed by atoms with van der Waals surface area (Å²) in [6.07, 6.45) is 5.03. The van der Waals surface area contributed by atoms with E-state index in [0.717, 1.165) is 26.1 Å². The van der Waals surface area contributed by atoms with Crippen molar-refractivity contribution < 1.29 is 14.2 Å². The highest BCUT2D eigenvalue weighted by Gasteiger charge is 2.19. The van der Waals surface area contributed by atoms with E-state index in [9.17, 15) is 0 Å². The van der Waals surface area contributed by atoms with E-state index in [0.29, 0.717) is 53.9 Å². The third-order valence-corrected chi connectivity index (χ3v) is 4.86. The Bertz CT molecular complexity index is 1020. The number of pyridine rings is 2. The molecule has 0 amide bonds. The Balaban J connectivity index is 1.66. The molecule has 4 heterocycles. The van der Waals surface area contributed by atoms with E-state index in [1.54, 1.807) is 23.0 Å². The van der Waals surface area contributed by atoms with Crippen LogP contribution in [0.25, 0.3) is 17.0 Å². The first kappa shape index (κ1) is 20.1. The average Bonchev–Trinajstić information content (AvgIpc) is 3.20. The van der Waals surface area contributed by atoms with Crippen molar-refractivity contribution in [2.24, 2.45) is 0 Å². The van der Waals surface area contributed by atoms with E-state index in [4.69, 9.17) is 24.5 Å². The average molecular weight is 408 g/mol. The van der Waals surface area contributed by atoms with Gasteiger partial charge >= 0.3 is 0 Å². The van der Waals surface area contributed by atoms with Gasteiger partial charge in [-0.05, 0) is 31.9 Å². The van der Waals surface area contributed by atoms with Crippen molar-refractivity contribution >= 4 is 17.0 Å². The molecule has 1 fully saturated rings. The molecule has 0 atom stereocenters. The Kier molecular flexibility index (Phi) is 6.37. The van der Waals surface area contributed by atoms with E-state index in [-0.39, 0.29) is 6.04 Å². The van der Waals surface area contributed by atoms with Crippen molar-refractivity contribution in [1.29, 1.82) is 5.26 Å². The summed E-state index contributed by atoms with van der Waals surface area (Å²) in [7, 11) is 0. The molecule has 3 aromatic heterocycles. The van der Waals surface area contributed by atoms with Crippen molar-refractivity contribution in [3.05, 3.63) is 36.3 Å². The van der Waals surface area contributed by atoms with Crippen LogP contribution in [0.15, 0.2) is 30.7 Å². The Hall–Kier alpha value is -3.22. The van der Waals surface area contributed by atoms with Crippen LogP contribution in [0.5, 0.6) is 5.75 Å². The zero-order valence-corrected chi connectivity index (χ0v) is 16.9. The first-order chi connectivity index (χ1) is 14.8. The van der Waals surface area contributed by atoms with Crippen LogP contribution in [0.4, 0.5) is 5.82 Å². The van der Waals surface area contributed by atoms with Crippen LogP contribution >= 0.6 is 0 Å². The second-order valence-corrected chi connectivity index (χ2v) is 6.89. The van der Waals surface area contributed by atoms with Crippen LogP contribution in [-0.4, -0.2) is 58.6 Å². The molecule has 0 saturated carbocycles. The molecule has 1 saturated heterocycles. The van der Waals surface area contributed by atoms with Crippen LogP contribution in [0.2, 0.25) is 0 Å². The number of ether oxygens (including phenoxy) is 3. The van der Waals surface area contributed by atoms with Gasteiger partial charge in [0.1, 0.15) is 30.3 Å². The highest BCUT2D eigenvalue weighted by atomic mass is 16.5. The quantitative estimate of drug-likeness (QED) is 0.567. The molecule has 0 radical (unpaired) electrons. The number of hydrogen-bond acceptors (Lipinski definition) is 8. The monoisotopic (exact) mass is 408 g/mol. The van der Waals surface area contributed by atoms with Gasteiger partial charge in [-0.3, -0.25) is 4.57 Å². The molecule has 0 aliphatic carbocycles. The number of hydrogen-bond donors (Lipinski definition) is 1. The lowest BCUT2D eigenvalue weighted by Gasteiger charge is -2.24. The molecule has 4 rings (SSSR count). The Morgan fingerprint density at radius 3 is 2.87 bits per heavy atom. The number of imidazole rings is 1. The predicted octanol–water partition coefficient (Wildman–Crippen LogP) is 2.69. The molecule has 9 heteroatoms. The zero-order chi connectivity index (χ0) is 20.8. The first-order valence-electron chi connectivity index (χ1n) is 10.1. The highest BCUT2D eigenvalue weighted by molar-refractivity contribution is 5.78. The van der Waals surface area contributed by atoms with Crippen molar-refractivity contribution in [3.63, 3.8) is 0 Å². The molecule has 9 nitrogen and oxygen atoms in total. The minimum absolute atomic E-state index is 0.266. The number of rotatable bonds is 8. The summed E-state index contributed by atoms with van der Waals surface area (Å²) in [5.41, 5.74) is 1.87. The maximum atomic E-state index is 9.00. The lowest BCUT2D eigenvalue weighted by atomic mass is 10.1. The Morgan fingerprint density at radius 2 is 2.13 bits per heavy atom. The van der Waals surface area contributed by atoms with Crippen LogP contribution in [0.3, 0.4) is 0 Å². The van der Waals surface area contributed by atoms with E-state index < -0.39 is 0 Å². The van der Waals surface area contributed by atoms with E-state index in [2.05, 4.69) is 21.4 Å². The third-order valence-electron chi connectivity index (χ3n) is 4.86. The lowest BCUT2D eigenvalue weighted by molar-refractivity contribution is 0.0901. The fourth-order valence-electron chi connectivity index (χ4n) is 3.29. The summed E-state index contributed by atoms with van der Waals surface area (Å²) >= 11 is 0. The highest BCUT2D eigenvalue weighted by Crippen LogP contribution is 2.29. The van der Waals surface area contributed by atoms with Crippen molar-refractivity contribution in [2.45, 2.75) is 25.8 Å². The standard InChI is InChI=1S/C21H24N6O3/c1-2-28-9-10-30-18-11-17-21(26-20(18)25-16-5-7-29-8-6-16)27(14-24-17)19-4-3-15(12-22)13-23-19/h3-4,11,13-14,16H,2,5-10H2,1H3,(H,25,26). The fourth-order valence-corrected chi connectivity index (χ4v) is 3.29. The van der Waals surface area contributed by atoms with Gasteiger partial charge in [-0.2, -0.15) is 5.26 Å². The van der Waals surface area contributed by atoms with Gasteiger partial charge in [0, 0.05) is 38.1 Å². The summed E-state index contributed by atoms with van der Waals surface area (Å²) in [4.78, 5) is 13.6. The fraction of sp³-hybridized carbons (Fsp3) is 0.429. The SMILES string of the molecule is CCOCCOc1cc2ncn(-c3ccc(C#N)cn3)c2nc1NC1CCOCC1. The van der Waals surface area contributed by atoms with Gasteiger partial charge < -0.3 is 19.5 Å². The predicted molar refractivity (Wildman–Crippen MR) is 111 cm³/mol. The molecule has 1 aliphatic rings. The topological polar surface area (TPSA) is 107 Å². The Morgan fingerprint density at radius 1 is 1.27 bits per heavy atom. The molecule has 0 bridgehead atoms. The summed E-state index contributed by atoms with van der Waals surface area (Å²) in [6.45, 7) is 5.00. The molecule has 1 N–H and O–H groups in total. The first-order valence-corrected chi connectivity index (χ1v) is 10.1. The summed E-state index contributed by atoms with van der Waals surface area (Å²) in [5.74, 6) is 1.96. The maximum absolute atomic E-state index is 9.00. The lowest BCUT2D eigenvalue weighted by Crippen LogP contribution is -2.28. The van der Waals surface area contributed by atoms with E-state index in [1.165, 1.54) is 6.20 Å². The Labute approximate surface area is 174 Å². The minimum atomic E-state index is 0.266. The van der Waals surface area contributed by atoms with Gasteiger partial charge in [0.05, 0.1) is 12.2 Å². The molecule has 0 unspecified atom stereocenters. The van der Waals surface area contributed by atoms with Gasteiger partial charge in [0.15, 0.2) is 17.2 Å². The van der Waals surface area contributed by atoms with Gasteiger partial charge in [0.25, 0.3) is 0 Å². The summed E-state index contributed by atoms with van der Waals surface area (Å²) in [6, 6.07) is 7.73. The summed E-state index contributed by atoms with van der Waals surface area (Å²) in [5, 5.41) is 12.5. The van der Waals surface area contributed by atoms with Crippen LogP contribution < -0.4 is 10.1 Å². The molecule has 0 aromatic carbocycles. The van der Waals surface area contributed by atoms with Gasteiger partial charge in [-0.15, -0.1) is 0 Å². The number of nitrogens with zero attached hydrogens (tertiary/aromatic N) is 5. The molecule has 156 valence electrons. The number of fused-ring (bicyclic) bond motifs is 1. The van der Waals surface area contributed by atoms with Gasteiger partial charge in [0.2, 0.25) is 0 Å². The molecule has 0 spiro atoms. The van der Waals surface area contributed by atoms with Crippen LogP contribution in [-0.2, 0) is 9.47 Å². The smallest absolute Gasteiger partial charge is 0.171 e. The number of aromatic nitrogens is 4. The molecule has 3 aromatic rings. The van der Waals surface area contributed by atoms with E-state index >= 15 is 0 Å². The number of anilines is 1. The molecular formula is C21H24N6O3. The van der Waals surface area contributed by atoms with Crippen molar-refractivity contribution in [3.8, 4) is 17.6 Å². The third kappa shape index (κ3) is 4.50. The summed E-state index contributed by atoms with van der Waals surface area (Å²) < 4.78 is 18.6. The second-order valence-electron chi connectivity index (χ2n) is 6.89. The molecular weight excluding hydrogens is 384 g/mol. The van der Waals surface area contributed by atoms with Crippen molar-refractivity contribution in [1.82, 2.24) is 19.5 Å². The second kappa shape index (κ2) is 9.52. The largest absolute Gasteiger partial charge is 0.487 e. The van der Waals surface area contributed by atoms with Gasteiger partial charge in [-0.1, -0.05) is 0 Å². The van der Waals surface area contributed by atoms with E-state index in [1.807, 2.05) is 13.0 Å². The molecule has 1 aliphatic heterocycles. The number of nitriles is 1. The number of nitrogens with one attached hydrogen (secondary N) is 1. The van der Waals surface area contributed by atoms with Gasteiger partial charge in [-0.25, -0.2) is 15.0 Å². The van der Waals surface area contributed by atoms with Crippen LogP contribution in [0.1, 0.15) is 25.3 Å².